The minimum atomic E-state index is -1.06. The number of nitrogens with one attached hydrogen (secondary N) is 1. The number of H-pyrrole nitrogens is 1. The molecule has 3 rings (SSSR count). The number of esters is 1. The molecule has 0 spiro atoms. The van der Waals surface area contributed by atoms with Gasteiger partial charge in [0.2, 0.25) is 5.78 Å². The quantitative estimate of drug-likeness (QED) is 0.604. The molecule has 0 bridgehead atoms. The Morgan fingerprint density at radius 3 is 2.29 bits per heavy atom. The molecule has 148 valence electrons. The summed E-state index contributed by atoms with van der Waals surface area (Å²) in [5, 5.41) is 10.2. The van der Waals surface area contributed by atoms with Crippen LogP contribution in [0.5, 0.6) is 5.75 Å². The highest BCUT2D eigenvalue weighted by Gasteiger charge is 2.27. The number of fused-ring (bicyclic) bond motifs is 1. The normalized spacial score (nSPS) is 14.3. The number of rotatable bonds is 5. The van der Waals surface area contributed by atoms with Gasteiger partial charge in [0, 0.05) is 11.3 Å². The number of carbonyl (C=O) groups excluding carboxylic acids is 3. The summed E-state index contributed by atoms with van der Waals surface area (Å²) >= 11 is 0. The maximum Gasteiger partial charge on any atom is 0.342 e. The Labute approximate surface area is 163 Å². The van der Waals surface area contributed by atoms with Crippen LogP contribution in [0.4, 0.5) is 0 Å². The molecule has 1 heterocycles. The number of ether oxygens (including phenoxy) is 1. The Kier molecular flexibility index (Phi) is 5.40. The van der Waals surface area contributed by atoms with Crippen LogP contribution < -0.4 is 0 Å². The first-order valence-corrected chi connectivity index (χ1v) is 9.50. The molecule has 0 unspecified atom stereocenters. The van der Waals surface area contributed by atoms with Crippen molar-refractivity contribution in [2.45, 2.75) is 59.5 Å². The lowest BCUT2D eigenvalue weighted by Crippen LogP contribution is -2.25. The first-order chi connectivity index (χ1) is 13.2. The molecule has 2 N–H and O–H groups in total. The molecule has 0 radical (unpaired) electrons. The molecular formula is C22H25NO5. The number of hydrogen-bond donors (Lipinski definition) is 2. The largest absolute Gasteiger partial charge is 0.507 e. The first-order valence-electron chi connectivity index (χ1n) is 9.50. The maximum absolute atomic E-state index is 12.8. The highest BCUT2D eigenvalue weighted by molar-refractivity contribution is 6.05. The fourth-order valence-corrected chi connectivity index (χ4v) is 3.94. The molecule has 28 heavy (non-hydrogen) atoms. The van der Waals surface area contributed by atoms with Crippen LogP contribution in [0.1, 0.15) is 80.3 Å². The maximum atomic E-state index is 12.8. The molecule has 1 aromatic heterocycles. The van der Waals surface area contributed by atoms with Crippen molar-refractivity contribution in [1.29, 1.82) is 0 Å². The van der Waals surface area contributed by atoms with Gasteiger partial charge >= 0.3 is 5.97 Å². The fraction of sp³-hybridized carbons (Fsp3) is 0.409. The second-order valence-electron chi connectivity index (χ2n) is 7.44. The van der Waals surface area contributed by atoms with Gasteiger partial charge in [0.1, 0.15) is 11.3 Å². The van der Waals surface area contributed by atoms with E-state index in [1.54, 1.807) is 26.0 Å². The van der Waals surface area contributed by atoms with Gasteiger partial charge in [-0.1, -0.05) is 0 Å². The van der Waals surface area contributed by atoms with Crippen molar-refractivity contribution in [3.63, 3.8) is 0 Å². The summed E-state index contributed by atoms with van der Waals surface area (Å²) in [7, 11) is 0. The zero-order valence-electron chi connectivity index (χ0n) is 16.6. The van der Waals surface area contributed by atoms with Crippen LogP contribution in [0.2, 0.25) is 0 Å². The third kappa shape index (κ3) is 3.59. The van der Waals surface area contributed by atoms with E-state index in [1.165, 1.54) is 13.8 Å². The van der Waals surface area contributed by atoms with E-state index in [1.807, 2.05) is 0 Å². The van der Waals surface area contributed by atoms with Gasteiger partial charge in [-0.05, 0) is 82.2 Å². The van der Waals surface area contributed by atoms with E-state index >= 15 is 0 Å². The molecule has 6 nitrogen and oxygen atoms in total. The molecule has 1 atom stereocenters. The summed E-state index contributed by atoms with van der Waals surface area (Å²) in [6.45, 7) is 6.35. The van der Waals surface area contributed by atoms with Crippen molar-refractivity contribution in [3.8, 4) is 5.75 Å². The van der Waals surface area contributed by atoms with Gasteiger partial charge in [-0.15, -0.1) is 0 Å². The molecule has 1 aliphatic carbocycles. The lowest BCUT2D eigenvalue weighted by molar-refractivity contribution is 0.0314. The zero-order valence-corrected chi connectivity index (χ0v) is 16.6. The number of aromatic amines is 1. The van der Waals surface area contributed by atoms with Gasteiger partial charge in [-0.2, -0.15) is 0 Å². The van der Waals surface area contributed by atoms with Crippen molar-refractivity contribution in [1.82, 2.24) is 4.98 Å². The lowest BCUT2D eigenvalue weighted by atomic mass is 9.90. The number of aromatic nitrogens is 1. The third-order valence-corrected chi connectivity index (χ3v) is 5.37. The number of aromatic hydroxyl groups is 1. The van der Waals surface area contributed by atoms with E-state index in [0.29, 0.717) is 16.8 Å². The van der Waals surface area contributed by atoms with Crippen LogP contribution in [-0.4, -0.2) is 33.7 Å². The smallest absolute Gasteiger partial charge is 0.342 e. The Bertz CT molecular complexity index is 970. The van der Waals surface area contributed by atoms with Gasteiger partial charge in [0.15, 0.2) is 11.9 Å². The monoisotopic (exact) mass is 383 g/mol. The molecule has 0 amide bonds. The van der Waals surface area contributed by atoms with Crippen molar-refractivity contribution in [3.05, 3.63) is 51.3 Å². The van der Waals surface area contributed by atoms with E-state index in [-0.39, 0.29) is 22.8 Å². The van der Waals surface area contributed by atoms with Crippen LogP contribution in [0, 0.1) is 13.8 Å². The Hall–Kier alpha value is -2.89. The number of hydrogen-bond acceptors (Lipinski definition) is 5. The van der Waals surface area contributed by atoms with Crippen LogP contribution in [0.15, 0.2) is 12.1 Å². The van der Waals surface area contributed by atoms with Crippen molar-refractivity contribution >= 4 is 17.5 Å². The summed E-state index contributed by atoms with van der Waals surface area (Å²) in [6.07, 6.45) is 2.81. The molecule has 0 saturated carbocycles. The van der Waals surface area contributed by atoms with Crippen LogP contribution in [0.3, 0.4) is 0 Å². The number of ketones is 2. The lowest BCUT2D eigenvalue weighted by Gasteiger charge is -2.18. The van der Waals surface area contributed by atoms with Gasteiger partial charge in [0.25, 0.3) is 0 Å². The van der Waals surface area contributed by atoms with Crippen LogP contribution >= 0.6 is 0 Å². The SMILES string of the molecule is CC(=O)c1c(C)[nH]c(C(=O)[C@H](C)OC(=O)c2cc3c(cc2O)CCCC3)c1C. The second-order valence-corrected chi connectivity index (χ2v) is 7.44. The number of phenolic OH excluding ortho intramolecular Hbond substituents is 1. The van der Waals surface area contributed by atoms with Crippen molar-refractivity contribution in [2.75, 3.05) is 0 Å². The van der Waals surface area contributed by atoms with E-state index in [9.17, 15) is 19.5 Å². The summed E-state index contributed by atoms with van der Waals surface area (Å²) in [6, 6.07) is 3.29. The van der Waals surface area contributed by atoms with Crippen molar-refractivity contribution < 1.29 is 24.2 Å². The fourth-order valence-electron chi connectivity index (χ4n) is 3.94. The number of benzene rings is 1. The van der Waals surface area contributed by atoms with E-state index in [0.717, 1.165) is 36.8 Å². The predicted octanol–water partition coefficient (Wildman–Crippen LogP) is 3.85. The average molecular weight is 383 g/mol. The molecule has 6 heteroatoms. The van der Waals surface area contributed by atoms with Crippen LogP contribution in [0.25, 0.3) is 0 Å². The second kappa shape index (κ2) is 7.62. The number of Topliss-reactive ketones (excluding diaryl/α,β-unsaturated/α-hetero) is 2. The molecule has 2 aromatic rings. The highest BCUT2D eigenvalue weighted by atomic mass is 16.5. The molecule has 0 fully saturated rings. The van der Waals surface area contributed by atoms with E-state index in [2.05, 4.69) is 4.98 Å². The number of aryl methyl sites for hydroxylation is 3. The van der Waals surface area contributed by atoms with Crippen LogP contribution in [-0.2, 0) is 17.6 Å². The summed E-state index contributed by atoms with van der Waals surface area (Å²) in [5.41, 5.74) is 4.07. The Morgan fingerprint density at radius 1 is 1.11 bits per heavy atom. The molecule has 1 aromatic carbocycles. The first kappa shape index (κ1) is 19.9. The third-order valence-electron chi connectivity index (χ3n) is 5.37. The van der Waals surface area contributed by atoms with Gasteiger partial charge < -0.3 is 14.8 Å². The van der Waals surface area contributed by atoms with Gasteiger partial charge in [-0.3, -0.25) is 9.59 Å². The number of phenols is 1. The molecule has 0 saturated heterocycles. The predicted molar refractivity (Wildman–Crippen MR) is 104 cm³/mol. The highest BCUT2D eigenvalue weighted by Crippen LogP contribution is 2.29. The minimum Gasteiger partial charge on any atom is -0.507 e. The Morgan fingerprint density at radius 2 is 1.71 bits per heavy atom. The summed E-state index contributed by atoms with van der Waals surface area (Å²) in [5.74, 6) is -1.41. The molecule has 0 aliphatic heterocycles. The van der Waals surface area contributed by atoms with Crippen molar-refractivity contribution in [2.24, 2.45) is 0 Å². The summed E-state index contributed by atoms with van der Waals surface area (Å²) < 4.78 is 5.34. The minimum absolute atomic E-state index is 0.0733. The van der Waals surface area contributed by atoms with E-state index < -0.39 is 17.9 Å². The van der Waals surface area contributed by atoms with E-state index in [4.69, 9.17) is 4.74 Å². The number of carbonyl (C=O) groups is 3. The summed E-state index contributed by atoms with van der Waals surface area (Å²) in [4.78, 5) is 40.0. The zero-order chi connectivity index (χ0) is 20.6. The standard InChI is InChI=1S/C22H25NO5/c1-11-19(13(3)24)12(2)23-20(11)21(26)14(4)28-22(27)17-9-15-7-5-6-8-16(15)10-18(17)25/h9-10,14,23,25H,5-8H2,1-4H3/t14-/m0/s1. The van der Waals surface area contributed by atoms with Gasteiger partial charge in [0.05, 0.1) is 5.69 Å². The topological polar surface area (TPSA) is 96.5 Å². The molecular weight excluding hydrogens is 358 g/mol. The molecule has 1 aliphatic rings. The van der Waals surface area contributed by atoms with Gasteiger partial charge in [-0.25, -0.2) is 4.79 Å². The Balaban J connectivity index is 1.80. The average Bonchev–Trinajstić information content (AvgIpc) is 2.94.